The molecule has 0 fully saturated rings. The van der Waals surface area contributed by atoms with E-state index in [4.69, 9.17) is 11.6 Å². The Labute approximate surface area is 120 Å². The minimum atomic E-state index is -0.166. The lowest BCUT2D eigenvalue weighted by Crippen LogP contribution is -2.49. The van der Waals surface area contributed by atoms with E-state index in [1.807, 2.05) is 45.9 Å². The molecule has 2 N–H and O–H groups in total. The second-order valence-corrected chi connectivity index (χ2v) is 5.25. The molecule has 0 atom stereocenters. The summed E-state index contributed by atoms with van der Waals surface area (Å²) >= 11 is 6.02. The Hall–Kier alpha value is -1.26. The van der Waals surface area contributed by atoms with E-state index >= 15 is 0 Å². The maximum absolute atomic E-state index is 12.2. The number of halogens is 1. The third-order valence-corrected chi connectivity index (χ3v) is 2.86. The van der Waals surface area contributed by atoms with Crippen LogP contribution in [0.4, 0.5) is 10.5 Å². The quantitative estimate of drug-likeness (QED) is 0.813. The number of benzene rings is 1. The molecule has 1 rings (SSSR count). The van der Waals surface area contributed by atoms with Gasteiger partial charge in [-0.25, -0.2) is 10.2 Å². The van der Waals surface area contributed by atoms with Gasteiger partial charge < -0.3 is 0 Å². The van der Waals surface area contributed by atoms with Crippen molar-refractivity contribution in [2.24, 2.45) is 0 Å². The van der Waals surface area contributed by atoms with Crippen molar-refractivity contribution in [2.45, 2.75) is 40.2 Å². The summed E-state index contributed by atoms with van der Waals surface area (Å²) in [6.45, 7) is 8.59. The summed E-state index contributed by atoms with van der Waals surface area (Å²) in [5.74, 6) is 0. The summed E-state index contributed by atoms with van der Waals surface area (Å²) in [7, 11) is 0. The molecule has 0 aliphatic heterocycles. The van der Waals surface area contributed by atoms with E-state index < -0.39 is 0 Å². The van der Waals surface area contributed by atoms with Crippen LogP contribution < -0.4 is 15.8 Å². The van der Waals surface area contributed by atoms with E-state index in [0.29, 0.717) is 11.6 Å². The zero-order valence-electron chi connectivity index (χ0n) is 12.0. The minimum Gasteiger partial charge on any atom is -0.293 e. The Morgan fingerprint density at radius 1 is 1.42 bits per heavy atom. The van der Waals surface area contributed by atoms with Crippen molar-refractivity contribution in [3.63, 3.8) is 0 Å². The molecule has 1 aromatic rings. The van der Waals surface area contributed by atoms with Gasteiger partial charge in [-0.1, -0.05) is 24.6 Å². The number of nitrogens with one attached hydrogen (secondary N) is 2. The summed E-state index contributed by atoms with van der Waals surface area (Å²) in [5, 5.41) is 0.631. The van der Waals surface area contributed by atoms with Gasteiger partial charge in [-0.15, -0.1) is 0 Å². The maximum atomic E-state index is 12.2. The number of nitrogens with zero attached hydrogens (tertiary/aromatic N) is 1. The summed E-state index contributed by atoms with van der Waals surface area (Å²) in [5.41, 5.74) is 7.49. The Morgan fingerprint density at radius 3 is 2.68 bits per heavy atom. The highest BCUT2D eigenvalue weighted by atomic mass is 35.5. The molecule has 0 aliphatic rings. The number of amides is 2. The number of carbonyl (C=O) groups is 1. The summed E-state index contributed by atoms with van der Waals surface area (Å²) in [6, 6.07) is 5.59. The summed E-state index contributed by atoms with van der Waals surface area (Å²) < 4.78 is 0. The molecule has 0 spiro atoms. The smallest absolute Gasteiger partial charge is 0.293 e. The van der Waals surface area contributed by atoms with Crippen molar-refractivity contribution < 1.29 is 4.79 Å². The van der Waals surface area contributed by atoms with Crippen molar-refractivity contribution in [2.75, 3.05) is 11.4 Å². The van der Waals surface area contributed by atoms with Crippen LogP contribution in [0.3, 0.4) is 0 Å². The number of anilines is 1. The van der Waals surface area contributed by atoms with Crippen LogP contribution in [0.15, 0.2) is 18.2 Å². The van der Waals surface area contributed by atoms with Crippen LogP contribution in [0.2, 0.25) is 5.02 Å². The molecular formula is C14H22ClN3O. The number of urea groups is 1. The standard InChI is InChI=1S/C14H22ClN3O/c1-5-8-18(14(19)17-16-10(2)3)13-9-12(15)7-6-11(13)4/h6-7,9-10,16H,5,8H2,1-4H3,(H,17,19). The van der Waals surface area contributed by atoms with Crippen LogP contribution in [0.1, 0.15) is 32.8 Å². The highest BCUT2D eigenvalue weighted by Crippen LogP contribution is 2.24. The van der Waals surface area contributed by atoms with Gasteiger partial charge in [0.05, 0.1) is 0 Å². The predicted octanol–water partition coefficient (Wildman–Crippen LogP) is 3.49. The normalized spacial score (nSPS) is 10.6. The van der Waals surface area contributed by atoms with E-state index in [1.165, 1.54) is 0 Å². The molecular weight excluding hydrogens is 262 g/mol. The second-order valence-electron chi connectivity index (χ2n) is 4.81. The number of hydrogen-bond acceptors (Lipinski definition) is 2. The number of rotatable bonds is 5. The fraction of sp³-hybridized carbons (Fsp3) is 0.500. The van der Waals surface area contributed by atoms with Crippen LogP contribution in [0, 0.1) is 6.92 Å². The van der Waals surface area contributed by atoms with Gasteiger partial charge in [0, 0.05) is 23.3 Å². The van der Waals surface area contributed by atoms with Crippen molar-refractivity contribution in [1.82, 2.24) is 10.9 Å². The van der Waals surface area contributed by atoms with Gasteiger partial charge in [0.2, 0.25) is 0 Å². The second kappa shape index (κ2) is 7.36. The monoisotopic (exact) mass is 283 g/mol. The largest absolute Gasteiger partial charge is 0.336 e. The van der Waals surface area contributed by atoms with Crippen molar-refractivity contribution in [3.05, 3.63) is 28.8 Å². The van der Waals surface area contributed by atoms with E-state index in [0.717, 1.165) is 17.7 Å². The Kier molecular flexibility index (Phi) is 6.12. The molecule has 0 radical (unpaired) electrons. The van der Waals surface area contributed by atoms with E-state index in [2.05, 4.69) is 10.9 Å². The van der Waals surface area contributed by atoms with Crippen LogP contribution in [0.5, 0.6) is 0 Å². The SMILES string of the molecule is CCCN(C(=O)NNC(C)C)c1cc(Cl)ccc1C. The fourth-order valence-corrected chi connectivity index (χ4v) is 1.87. The van der Waals surface area contributed by atoms with E-state index in [9.17, 15) is 4.79 Å². The van der Waals surface area contributed by atoms with Gasteiger partial charge in [-0.2, -0.15) is 0 Å². The third kappa shape index (κ3) is 4.73. The van der Waals surface area contributed by atoms with Crippen molar-refractivity contribution >= 4 is 23.3 Å². The zero-order valence-corrected chi connectivity index (χ0v) is 12.7. The van der Waals surface area contributed by atoms with Gasteiger partial charge in [-0.3, -0.25) is 10.3 Å². The molecule has 106 valence electrons. The summed E-state index contributed by atoms with van der Waals surface area (Å²) in [4.78, 5) is 13.9. The maximum Gasteiger partial charge on any atom is 0.336 e. The Balaban J connectivity index is 2.92. The summed E-state index contributed by atoms with van der Waals surface area (Å²) in [6.07, 6.45) is 0.876. The van der Waals surface area contributed by atoms with Gasteiger partial charge in [0.25, 0.3) is 0 Å². The average molecular weight is 284 g/mol. The molecule has 0 heterocycles. The first-order chi connectivity index (χ1) is 8.95. The average Bonchev–Trinajstić information content (AvgIpc) is 2.36. The molecule has 0 aromatic heterocycles. The number of carbonyl (C=O) groups excluding carboxylic acids is 1. The third-order valence-electron chi connectivity index (χ3n) is 2.62. The van der Waals surface area contributed by atoms with Crippen LogP contribution in [-0.4, -0.2) is 18.6 Å². The highest BCUT2D eigenvalue weighted by molar-refractivity contribution is 6.31. The molecule has 1 aromatic carbocycles. The number of hydrazine groups is 1. The molecule has 2 amide bonds. The lowest BCUT2D eigenvalue weighted by atomic mass is 10.2. The van der Waals surface area contributed by atoms with Crippen LogP contribution in [-0.2, 0) is 0 Å². The lowest BCUT2D eigenvalue weighted by molar-refractivity contribution is 0.240. The zero-order chi connectivity index (χ0) is 14.4. The number of aryl methyl sites for hydroxylation is 1. The topological polar surface area (TPSA) is 44.4 Å². The first-order valence-corrected chi connectivity index (χ1v) is 6.92. The first kappa shape index (κ1) is 15.8. The lowest BCUT2D eigenvalue weighted by Gasteiger charge is -2.25. The van der Waals surface area contributed by atoms with E-state index in [-0.39, 0.29) is 12.1 Å². The molecule has 0 saturated heterocycles. The van der Waals surface area contributed by atoms with Crippen LogP contribution >= 0.6 is 11.6 Å². The molecule has 0 aliphatic carbocycles. The molecule has 0 saturated carbocycles. The molecule has 4 nitrogen and oxygen atoms in total. The molecule has 0 unspecified atom stereocenters. The van der Waals surface area contributed by atoms with Gasteiger partial charge in [0.15, 0.2) is 0 Å². The highest BCUT2D eigenvalue weighted by Gasteiger charge is 2.17. The van der Waals surface area contributed by atoms with Gasteiger partial charge in [-0.05, 0) is 44.9 Å². The van der Waals surface area contributed by atoms with Crippen molar-refractivity contribution in [1.29, 1.82) is 0 Å². The van der Waals surface area contributed by atoms with Crippen LogP contribution in [0.25, 0.3) is 0 Å². The fourth-order valence-electron chi connectivity index (χ4n) is 1.70. The molecule has 5 heteroatoms. The number of hydrogen-bond donors (Lipinski definition) is 2. The molecule has 19 heavy (non-hydrogen) atoms. The van der Waals surface area contributed by atoms with Gasteiger partial charge >= 0.3 is 6.03 Å². The Morgan fingerprint density at radius 2 is 2.11 bits per heavy atom. The van der Waals surface area contributed by atoms with Gasteiger partial charge in [0.1, 0.15) is 0 Å². The van der Waals surface area contributed by atoms with E-state index in [1.54, 1.807) is 4.90 Å². The minimum absolute atomic E-state index is 0.166. The Bertz CT molecular complexity index is 435. The first-order valence-electron chi connectivity index (χ1n) is 6.55. The van der Waals surface area contributed by atoms with Crippen molar-refractivity contribution in [3.8, 4) is 0 Å². The predicted molar refractivity (Wildman–Crippen MR) is 80.6 cm³/mol. The molecule has 0 bridgehead atoms.